The third kappa shape index (κ3) is 6.78. The maximum Gasteiger partial charge on any atom is 0.341 e. The molecule has 0 amide bonds. The van der Waals surface area contributed by atoms with E-state index >= 15 is 0 Å². The fourth-order valence-electron chi connectivity index (χ4n) is 3.08. The number of fused-ring (bicyclic) bond motifs is 1. The summed E-state index contributed by atoms with van der Waals surface area (Å²) < 4.78 is 10.8. The Morgan fingerprint density at radius 2 is 1.89 bits per heavy atom. The van der Waals surface area contributed by atoms with E-state index in [9.17, 15) is 4.79 Å². The van der Waals surface area contributed by atoms with Crippen LogP contribution in [-0.2, 0) is 4.74 Å². The molecule has 3 atom stereocenters. The van der Waals surface area contributed by atoms with Crippen molar-refractivity contribution in [2.75, 3.05) is 20.8 Å². The Balaban J connectivity index is 0.000000279. The van der Waals surface area contributed by atoms with Crippen LogP contribution >= 0.6 is 11.3 Å². The molecule has 152 valence electrons. The van der Waals surface area contributed by atoms with E-state index in [0.29, 0.717) is 21.9 Å². The summed E-state index contributed by atoms with van der Waals surface area (Å²) in [5.74, 6) is 1.78. The van der Waals surface area contributed by atoms with Crippen molar-refractivity contribution in [1.82, 2.24) is 4.98 Å². The third-order valence-corrected chi connectivity index (χ3v) is 5.90. The Hall–Kier alpha value is -1.66. The molecule has 3 unspecified atom stereocenters. The first-order chi connectivity index (χ1) is 12.7. The summed E-state index contributed by atoms with van der Waals surface area (Å²) in [4.78, 5) is 15.3. The number of hydrogen-bond acceptors (Lipinski definition) is 5. The minimum atomic E-state index is -0.985. The van der Waals surface area contributed by atoms with E-state index in [4.69, 9.17) is 14.6 Å². The Morgan fingerprint density at radius 3 is 2.41 bits per heavy atom. The van der Waals surface area contributed by atoms with Gasteiger partial charge in [-0.2, -0.15) is 0 Å². The summed E-state index contributed by atoms with van der Waals surface area (Å²) in [6, 6.07) is 3.40. The largest absolute Gasteiger partial charge is 0.496 e. The predicted molar refractivity (Wildman–Crippen MR) is 112 cm³/mol. The van der Waals surface area contributed by atoms with Crippen molar-refractivity contribution in [1.29, 1.82) is 0 Å². The van der Waals surface area contributed by atoms with Crippen LogP contribution in [0.1, 0.15) is 55.9 Å². The highest BCUT2D eigenvalue weighted by atomic mass is 32.1. The molecule has 0 aliphatic carbocycles. The van der Waals surface area contributed by atoms with Crippen molar-refractivity contribution in [2.45, 2.75) is 47.5 Å². The normalized spacial score (nSPS) is 14.2. The van der Waals surface area contributed by atoms with Gasteiger partial charge in [-0.25, -0.2) is 9.78 Å². The maximum atomic E-state index is 11.1. The van der Waals surface area contributed by atoms with E-state index in [1.807, 2.05) is 6.92 Å². The van der Waals surface area contributed by atoms with Gasteiger partial charge in [0.25, 0.3) is 0 Å². The molecule has 5 nitrogen and oxygen atoms in total. The molecular formula is C21H33NO4S. The van der Waals surface area contributed by atoms with E-state index in [2.05, 4.69) is 32.7 Å². The number of methoxy groups -OCH3 is 2. The highest BCUT2D eigenvalue weighted by molar-refractivity contribution is 7.19. The van der Waals surface area contributed by atoms with Crippen molar-refractivity contribution < 1.29 is 19.4 Å². The summed E-state index contributed by atoms with van der Waals surface area (Å²) in [5.41, 5.74) is 0.899. The van der Waals surface area contributed by atoms with Gasteiger partial charge >= 0.3 is 5.97 Å². The van der Waals surface area contributed by atoms with Crippen LogP contribution in [0.5, 0.6) is 5.75 Å². The van der Waals surface area contributed by atoms with Crippen LogP contribution < -0.4 is 4.74 Å². The van der Waals surface area contributed by atoms with Gasteiger partial charge in [-0.3, -0.25) is 0 Å². The first-order valence-corrected chi connectivity index (χ1v) is 10.2. The number of ether oxygens (including phenoxy) is 2. The lowest BCUT2D eigenvalue weighted by Crippen LogP contribution is -2.14. The van der Waals surface area contributed by atoms with Gasteiger partial charge in [0, 0.05) is 13.7 Å². The van der Waals surface area contributed by atoms with Gasteiger partial charge in [-0.05, 0) is 43.2 Å². The van der Waals surface area contributed by atoms with Crippen LogP contribution in [0.4, 0.5) is 0 Å². The highest BCUT2D eigenvalue weighted by Gasteiger charge is 2.17. The van der Waals surface area contributed by atoms with E-state index in [1.165, 1.54) is 31.3 Å². The van der Waals surface area contributed by atoms with Crippen LogP contribution in [0, 0.1) is 24.7 Å². The topological polar surface area (TPSA) is 68.7 Å². The Bertz CT molecular complexity index is 728. The number of rotatable bonds is 8. The fraction of sp³-hybridized carbons (Fsp3) is 0.619. The number of carboxylic acid groups (broad SMARTS) is 1. The molecule has 0 aliphatic rings. The zero-order valence-electron chi connectivity index (χ0n) is 17.5. The van der Waals surface area contributed by atoms with E-state index < -0.39 is 5.97 Å². The van der Waals surface area contributed by atoms with Gasteiger partial charge in [-0.1, -0.05) is 34.1 Å². The van der Waals surface area contributed by atoms with Crippen LogP contribution in [-0.4, -0.2) is 36.9 Å². The number of thiazole rings is 1. The monoisotopic (exact) mass is 395 g/mol. The lowest BCUT2D eigenvalue weighted by Gasteiger charge is -2.21. The van der Waals surface area contributed by atoms with Gasteiger partial charge in [0.15, 0.2) is 0 Å². The maximum absolute atomic E-state index is 11.1. The summed E-state index contributed by atoms with van der Waals surface area (Å²) in [5, 5.41) is 9.95. The van der Waals surface area contributed by atoms with Crippen LogP contribution in [0.3, 0.4) is 0 Å². The number of aromatic carboxylic acids is 1. The summed E-state index contributed by atoms with van der Waals surface area (Å²) in [6.45, 7) is 12.0. The molecule has 2 aromatic rings. The minimum Gasteiger partial charge on any atom is -0.496 e. The SMILES string of the molecule is CCC(C)C(C)CC(C)COC.COc1ccc2nc(C)sc2c1C(=O)O. The van der Waals surface area contributed by atoms with Crippen molar-refractivity contribution in [3.8, 4) is 5.75 Å². The lowest BCUT2D eigenvalue weighted by molar-refractivity contribution is 0.0696. The Labute approximate surface area is 166 Å². The predicted octanol–water partition coefficient (Wildman–Crippen LogP) is 5.65. The molecule has 6 heteroatoms. The molecule has 0 spiro atoms. The van der Waals surface area contributed by atoms with Crippen molar-refractivity contribution in [3.05, 3.63) is 22.7 Å². The molecule has 2 rings (SSSR count). The molecule has 0 saturated carbocycles. The Kier molecular flexibility index (Phi) is 9.74. The molecule has 0 bridgehead atoms. The third-order valence-electron chi connectivity index (χ3n) is 4.90. The van der Waals surface area contributed by atoms with E-state index in [-0.39, 0.29) is 5.56 Å². The molecule has 1 aromatic heterocycles. The van der Waals surface area contributed by atoms with E-state index in [0.717, 1.165) is 23.5 Å². The van der Waals surface area contributed by atoms with Crippen molar-refractivity contribution >= 4 is 27.5 Å². The molecule has 0 saturated heterocycles. The first kappa shape index (κ1) is 23.4. The van der Waals surface area contributed by atoms with Crippen LogP contribution in [0.2, 0.25) is 0 Å². The number of aromatic nitrogens is 1. The smallest absolute Gasteiger partial charge is 0.341 e. The molecule has 0 radical (unpaired) electrons. The summed E-state index contributed by atoms with van der Waals surface area (Å²) in [6.07, 6.45) is 2.59. The molecule has 1 aromatic carbocycles. The summed E-state index contributed by atoms with van der Waals surface area (Å²) in [7, 11) is 3.24. The van der Waals surface area contributed by atoms with Gasteiger partial charge in [-0.15, -0.1) is 11.3 Å². The average Bonchev–Trinajstić information content (AvgIpc) is 3.00. The second-order valence-electron chi connectivity index (χ2n) is 7.19. The molecular weight excluding hydrogens is 362 g/mol. The zero-order chi connectivity index (χ0) is 20.6. The fourth-order valence-corrected chi connectivity index (χ4v) is 4.03. The van der Waals surface area contributed by atoms with Gasteiger partial charge in [0.05, 0.1) is 22.3 Å². The van der Waals surface area contributed by atoms with Crippen LogP contribution in [0.25, 0.3) is 10.2 Å². The number of carboxylic acids is 1. The molecule has 1 N–H and O–H groups in total. The number of hydrogen-bond donors (Lipinski definition) is 1. The standard InChI is InChI=1S/C11H24O.C10H9NO3S/c1-6-10(3)11(4)7-9(2)8-12-5;1-5-11-6-3-4-7(14-2)8(10(12)13)9(6)15-5/h9-11H,6-8H2,1-5H3;3-4H,1-2H3,(H,12,13). The summed E-state index contributed by atoms with van der Waals surface area (Å²) >= 11 is 1.36. The minimum absolute atomic E-state index is 0.195. The first-order valence-electron chi connectivity index (χ1n) is 9.41. The lowest BCUT2D eigenvalue weighted by atomic mass is 9.86. The molecule has 27 heavy (non-hydrogen) atoms. The number of aryl methyl sites for hydroxylation is 1. The quantitative estimate of drug-likeness (QED) is 0.625. The second-order valence-corrected chi connectivity index (χ2v) is 8.39. The Morgan fingerprint density at radius 1 is 1.22 bits per heavy atom. The van der Waals surface area contributed by atoms with Gasteiger partial charge in [0.2, 0.25) is 0 Å². The van der Waals surface area contributed by atoms with Crippen molar-refractivity contribution in [2.24, 2.45) is 17.8 Å². The number of nitrogens with zero attached hydrogens (tertiary/aromatic N) is 1. The molecule has 0 aliphatic heterocycles. The molecule has 1 heterocycles. The van der Waals surface area contributed by atoms with E-state index in [1.54, 1.807) is 19.2 Å². The van der Waals surface area contributed by atoms with Crippen LogP contribution in [0.15, 0.2) is 12.1 Å². The number of benzene rings is 1. The van der Waals surface area contributed by atoms with Gasteiger partial charge in [0.1, 0.15) is 11.3 Å². The van der Waals surface area contributed by atoms with Crippen molar-refractivity contribution in [3.63, 3.8) is 0 Å². The number of carbonyl (C=O) groups is 1. The average molecular weight is 396 g/mol. The van der Waals surface area contributed by atoms with Gasteiger partial charge < -0.3 is 14.6 Å². The molecule has 0 fully saturated rings. The second kappa shape index (κ2) is 11.2. The highest BCUT2D eigenvalue weighted by Crippen LogP contribution is 2.31. The zero-order valence-corrected chi connectivity index (χ0v) is 18.4.